The Hall–Kier alpha value is -3.86. The molecule has 0 saturated carbocycles. The highest BCUT2D eigenvalue weighted by Crippen LogP contribution is 2.28. The van der Waals surface area contributed by atoms with Gasteiger partial charge in [-0.15, -0.1) is 0 Å². The first-order chi connectivity index (χ1) is 14.0. The van der Waals surface area contributed by atoms with Crippen LogP contribution in [0.5, 0.6) is 5.75 Å². The van der Waals surface area contributed by atoms with Crippen LogP contribution in [0.4, 0.5) is 10.1 Å². The summed E-state index contributed by atoms with van der Waals surface area (Å²) in [5.74, 6) is -1.16. The van der Waals surface area contributed by atoms with Gasteiger partial charge in [0.2, 0.25) is 0 Å². The Morgan fingerprint density at radius 2 is 1.66 bits per heavy atom. The quantitative estimate of drug-likeness (QED) is 0.413. The molecule has 0 aliphatic carbocycles. The van der Waals surface area contributed by atoms with Crippen molar-refractivity contribution in [3.8, 4) is 16.9 Å². The van der Waals surface area contributed by atoms with E-state index in [0.717, 1.165) is 27.5 Å². The molecule has 0 bridgehead atoms. The number of aromatic carboxylic acids is 1. The van der Waals surface area contributed by atoms with Crippen LogP contribution in [0, 0.1) is 5.82 Å². The molecule has 0 saturated heterocycles. The number of hydrogen-bond donors (Lipinski definition) is 3. The highest BCUT2D eigenvalue weighted by atomic mass is 19.1. The summed E-state index contributed by atoms with van der Waals surface area (Å²) in [4.78, 5) is 11.6. The molecule has 0 fully saturated rings. The van der Waals surface area contributed by atoms with Crippen LogP contribution in [0.2, 0.25) is 0 Å². The fraction of sp³-hybridized carbons (Fsp3) is 0.0417. The lowest BCUT2D eigenvalue weighted by molar-refractivity contribution is 0.0698. The molecule has 0 radical (unpaired) electrons. The number of phenols is 1. The van der Waals surface area contributed by atoms with E-state index in [2.05, 4.69) is 5.32 Å². The minimum atomic E-state index is -1.03. The number of nitrogens with one attached hydrogen (secondary N) is 1. The molecule has 144 valence electrons. The van der Waals surface area contributed by atoms with Gasteiger partial charge in [-0.25, -0.2) is 9.18 Å². The van der Waals surface area contributed by atoms with E-state index in [1.807, 2.05) is 24.3 Å². The summed E-state index contributed by atoms with van der Waals surface area (Å²) in [6, 6.07) is 22.1. The van der Waals surface area contributed by atoms with Crippen LogP contribution in [0.15, 0.2) is 78.9 Å². The van der Waals surface area contributed by atoms with E-state index in [-0.39, 0.29) is 17.1 Å². The molecule has 5 heteroatoms. The number of hydrogen-bond acceptors (Lipinski definition) is 3. The van der Waals surface area contributed by atoms with Gasteiger partial charge in [-0.1, -0.05) is 42.5 Å². The second-order valence-electron chi connectivity index (χ2n) is 6.76. The van der Waals surface area contributed by atoms with Gasteiger partial charge >= 0.3 is 5.97 Å². The van der Waals surface area contributed by atoms with Gasteiger partial charge in [-0.2, -0.15) is 0 Å². The normalized spacial score (nSPS) is 10.8. The maximum absolute atomic E-state index is 13.2. The topological polar surface area (TPSA) is 69.6 Å². The number of rotatable bonds is 5. The van der Waals surface area contributed by atoms with Gasteiger partial charge < -0.3 is 15.5 Å². The zero-order chi connectivity index (χ0) is 20.4. The van der Waals surface area contributed by atoms with E-state index in [4.69, 9.17) is 0 Å². The smallest absolute Gasteiger partial charge is 0.337 e. The summed E-state index contributed by atoms with van der Waals surface area (Å²) in [5, 5.41) is 24.4. The molecule has 4 aromatic rings. The Bertz CT molecular complexity index is 1200. The van der Waals surface area contributed by atoms with E-state index in [9.17, 15) is 19.4 Å². The van der Waals surface area contributed by atoms with Crippen LogP contribution >= 0.6 is 0 Å². The van der Waals surface area contributed by atoms with Gasteiger partial charge in [0.05, 0.1) is 5.56 Å². The third-order valence-corrected chi connectivity index (χ3v) is 4.83. The van der Waals surface area contributed by atoms with Crippen molar-refractivity contribution >= 4 is 22.4 Å². The van der Waals surface area contributed by atoms with Gasteiger partial charge in [0.1, 0.15) is 11.6 Å². The van der Waals surface area contributed by atoms with Crippen molar-refractivity contribution in [2.75, 3.05) is 5.32 Å². The number of carboxylic acids is 1. The average molecular weight is 387 g/mol. The number of aromatic hydroxyl groups is 1. The van der Waals surface area contributed by atoms with E-state index in [0.29, 0.717) is 12.2 Å². The fourth-order valence-corrected chi connectivity index (χ4v) is 3.31. The van der Waals surface area contributed by atoms with E-state index >= 15 is 0 Å². The summed E-state index contributed by atoms with van der Waals surface area (Å²) < 4.78 is 13.2. The summed E-state index contributed by atoms with van der Waals surface area (Å²) in [7, 11) is 0. The van der Waals surface area contributed by atoms with Crippen molar-refractivity contribution in [2.24, 2.45) is 0 Å². The molecule has 4 aromatic carbocycles. The SMILES string of the molecule is O=C(O)c1ccc(-c2ccc(F)cc2)cc1NCc1ccc2cccc(O)c2c1. The Balaban J connectivity index is 1.64. The highest BCUT2D eigenvalue weighted by molar-refractivity contribution is 5.95. The molecule has 0 spiro atoms. The Morgan fingerprint density at radius 3 is 2.41 bits per heavy atom. The number of benzene rings is 4. The molecule has 29 heavy (non-hydrogen) atoms. The molecule has 4 nitrogen and oxygen atoms in total. The fourth-order valence-electron chi connectivity index (χ4n) is 3.31. The minimum Gasteiger partial charge on any atom is -0.507 e. The van der Waals surface area contributed by atoms with E-state index < -0.39 is 5.97 Å². The molecule has 0 aromatic heterocycles. The van der Waals surface area contributed by atoms with Crippen molar-refractivity contribution in [3.05, 3.63) is 95.8 Å². The summed E-state index contributed by atoms with van der Waals surface area (Å²) in [5.41, 5.74) is 3.11. The Morgan fingerprint density at radius 1 is 0.897 bits per heavy atom. The third-order valence-electron chi connectivity index (χ3n) is 4.83. The van der Waals surface area contributed by atoms with Gasteiger partial charge in [-0.05, 0) is 58.5 Å². The first kappa shape index (κ1) is 18.5. The lowest BCUT2D eigenvalue weighted by atomic mass is 10.0. The molecule has 0 aliphatic heterocycles. The molecule has 0 unspecified atom stereocenters. The predicted molar refractivity (Wildman–Crippen MR) is 112 cm³/mol. The molecule has 3 N–H and O–H groups in total. The predicted octanol–water partition coefficient (Wildman–Crippen LogP) is 5.66. The first-order valence-corrected chi connectivity index (χ1v) is 9.09. The van der Waals surface area contributed by atoms with Crippen LogP contribution in [-0.2, 0) is 6.54 Å². The van der Waals surface area contributed by atoms with Crippen molar-refractivity contribution < 1.29 is 19.4 Å². The largest absolute Gasteiger partial charge is 0.507 e. The molecule has 4 rings (SSSR count). The van der Waals surface area contributed by atoms with E-state index in [1.165, 1.54) is 18.2 Å². The van der Waals surface area contributed by atoms with Crippen LogP contribution in [-0.4, -0.2) is 16.2 Å². The van der Waals surface area contributed by atoms with Crippen LogP contribution < -0.4 is 5.32 Å². The minimum absolute atomic E-state index is 0.152. The van der Waals surface area contributed by atoms with E-state index in [1.54, 1.807) is 36.4 Å². The zero-order valence-corrected chi connectivity index (χ0v) is 15.4. The van der Waals surface area contributed by atoms with Crippen molar-refractivity contribution in [2.45, 2.75) is 6.54 Å². The second-order valence-corrected chi connectivity index (χ2v) is 6.76. The maximum Gasteiger partial charge on any atom is 0.337 e. The number of anilines is 1. The number of carboxylic acid groups (broad SMARTS) is 1. The standard InChI is InChI=1S/C24H18FNO3/c25-19-9-6-16(7-10-19)18-8-11-20(24(28)29)22(13-18)26-14-15-4-5-17-2-1-3-23(27)21(17)12-15/h1-13,26-27H,14H2,(H,28,29). The molecule has 0 aliphatic rings. The molecular weight excluding hydrogens is 369 g/mol. The van der Waals surface area contributed by atoms with Gasteiger partial charge in [-0.3, -0.25) is 0 Å². The van der Waals surface area contributed by atoms with Crippen LogP contribution in [0.25, 0.3) is 21.9 Å². The second kappa shape index (κ2) is 7.64. The average Bonchev–Trinajstić information content (AvgIpc) is 2.73. The molecule has 0 heterocycles. The molecule has 0 amide bonds. The Labute approximate surface area is 166 Å². The first-order valence-electron chi connectivity index (χ1n) is 9.09. The summed E-state index contributed by atoms with van der Waals surface area (Å²) in [6.45, 7) is 0.386. The van der Waals surface area contributed by atoms with Crippen molar-refractivity contribution in [1.29, 1.82) is 0 Å². The van der Waals surface area contributed by atoms with Crippen molar-refractivity contribution in [1.82, 2.24) is 0 Å². The van der Waals surface area contributed by atoms with Gasteiger partial charge in [0.25, 0.3) is 0 Å². The number of halogens is 1. The highest BCUT2D eigenvalue weighted by Gasteiger charge is 2.12. The number of fused-ring (bicyclic) bond motifs is 1. The lowest BCUT2D eigenvalue weighted by Crippen LogP contribution is -2.06. The number of phenolic OH excluding ortho intramolecular Hbond substituents is 1. The lowest BCUT2D eigenvalue weighted by Gasteiger charge is -2.13. The van der Waals surface area contributed by atoms with Crippen LogP contribution in [0.3, 0.4) is 0 Å². The zero-order valence-electron chi connectivity index (χ0n) is 15.4. The summed E-state index contributed by atoms with van der Waals surface area (Å²) >= 11 is 0. The molecule has 0 atom stereocenters. The Kier molecular flexibility index (Phi) is 4.87. The van der Waals surface area contributed by atoms with Gasteiger partial charge in [0, 0.05) is 17.6 Å². The molecular formula is C24H18FNO3. The third kappa shape index (κ3) is 3.89. The maximum atomic E-state index is 13.2. The van der Waals surface area contributed by atoms with Crippen LogP contribution in [0.1, 0.15) is 15.9 Å². The monoisotopic (exact) mass is 387 g/mol. The van der Waals surface area contributed by atoms with Gasteiger partial charge in [0.15, 0.2) is 0 Å². The van der Waals surface area contributed by atoms with Crippen molar-refractivity contribution in [3.63, 3.8) is 0 Å². The number of carbonyl (C=O) groups is 1. The summed E-state index contributed by atoms with van der Waals surface area (Å²) in [6.07, 6.45) is 0.